The molecule has 8 heteroatoms. The Morgan fingerprint density at radius 3 is 2.59 bits per heavy atom. The normalized spacial score (nSPS) is 19.2. The predicted molar refractivity (Wildman–Crippen MR) is 92.1 cm³/mol. The number of carboxylic acids is 1. The number of hydrogen-bond donors (Lipinski definition) is 1. The third-order valence-electron chi connectivity index (χ3n) is 4.69. The van der Waals surface area contributed by atoms with Crippen molar-refractivity contribution in [2.45, 2.75) is 31.1 Å². The van der Waals surface area contributed by atoms with Crippen molar-refractivity contribution < 1.29 is 27.5 Å². The van der Waals surface area contributed by atoms with Crippen molar-refractivity contribution in [1.82, 2.24) is 4.90 Å². The molecule has 0 radical (unpaired) electrons. The minimum atomic E-state index is -4.58. The molecule has 2 aromatic rings. The number of halogens is 5. The number of likely N-dealkylation sites (tertiary alicyclic amines) is 1. The first-order valence-electron chi connectivity index (χ1n) is 8.29. The summed E-state index contributed by atoms with van der Waals surface area (Å²) >= 11 is 6.20. The van der Waals surface area contributed by atoms with Gasteiger partial charge in [0.2, 0.25) is 0 Å². The lowest BCUT2D eigenvalue weighted by atomic mass is 9.94. The van der Waals surface area contributed by atoms with Crippen molar-refractivity contribution in [2.75, 3.05) is 6.54 Å². The maximum absolute atomic E-state index is 13.8. The van der Waals surface area contributed by atoms with Crippen molar-refractivity contribution in [3.05, 3.63) is 70.0 Å². The zero-order valence-corrected chi connectivity index (χ0v) is 14.8. The van der Waals surface area contributed by atoms with E-state index in [9.17, 15) is 27.5 Å². The van der Waals surface area contributed by atoms with Crippen molar-refractivity contribution in [2.24, 2.45) is 0 Å². The van der Waals surface area contributed by atoms with Crippen LogP contribution in [0.5, 0.6) is 0 Å². The van der Waals surface area contributed by atoms with E-state index in [-0.39, 0.29) is 10.6 Å². The Balaban J connectivity index is 2.17. The average Bonchev–Trinajstić information content (AvgIpc) is 3.05. The topological polar surface area (TPSA) is 40.5 Å². The zero-order valence-electron chi connectivity index (χ0n) is 14.0. The molecule has 0 aliphatic carbocycles. The molecular formula is C19H16ClF4NO2. The first-order valence-corrected chi connectivity index (χ1v) is 8.67. The van der Waals surface area contributed by atoms with Gasteiger partial charge < -0.3 is 5.11 Å². The van der Waals surface area contributed by atoms with Gasteiger partial charge in [0, 0.05) is 11.6 Å². The smallest absolute Gasteiger partial charge is 0.416 e. The molecule has 2 aromatic carbocycles. The summed E-state index contributed by atoms with van der Waals surface area (Å²) in [5.41, 5.74) is -0.441. The summed E-state index contributed by atoms with van der Waals surface area (Å²) < 4.78 is 53.4. The number of hydrogen-bond acceptors (Lipinski definition) is 2. The number of alkyl halides is 3. The fourth-order valence-corrected chi connectivity index (χ4v) is 3.74. The third-order valence-corrected chi connectivity index (χ3v) is 5.04. The second kappa shape index (κ2) is 7.48. The third kappa shape index (κ3) is 4.09. The molecule has 1 heterocycles. The number of carbonyl (C=O) groups is 1. The Hall–Kier alpha value is -2.12. The molecule has 1 aliphatic heterocycles. The Morgan fingerprint density at radius 2 is 1.96 bits per heavy atom. The molecule has 144 valence electrons. The van der Waals surface area contributed by atoms with Crippen LogP contribution in [-0.4, -0.2) is 28.6 Å². The van der Waals surface area contributed by atoms with Gasteiger partial charge in [0.1, 0.15) is 11.9 Å². The summed E-state index contributed by atoms with van der Waals surface area (Å²) in [5.74, 6) is -1.64. The minimum Gasteiger partial charge on any atom is -0.480 e. The fourth-order valence-electron chi connectivity index (χ4n) is 3.52. The molecule has 1 aliphatic rings. The molecule has 0 aromatic heterocycles. The van der Waals surface area contributed by atoms with E-state index in [1.807, 2.05) is 0 Å². The van der Waals surface area contributed by atoms with E-state index in [0.717, 1.165) is 18.2 Å². The molecule has 0 spiro atoms. The zero-order chi connectivity index (χ0) is 19.8. The number of carboxylic acid groups (broad SMARTS) is 1. The summed E-state index contributed by atoms with van der Waals surface area (Å²) in [6.07, 6.45) is -3.65. The molecule has 2 atom stereocenters. The first kappa shape index (κ1) is 19.6. The van der Waals surface area contributed by atoms with Crippen LogP contribution in [0.4, 0.5) is 17.6 Å². The van der Waals surface area contributed by atoms with Crippen LogP contribution in [0.25, 0.3) is 0 Å². The molecule has 3 nitrogen and oxygen atoms in total. The molecule has 0 saturated carbocycles. The van der Waals surface area contributed by atoms with Gasteiger partial charge in [-0.3, -0.25) is 9.69 Å². The van der Waals surface area contributed by atoms with Gasteiger partial charge in [-0.2, -0.15) is 13.2 Å². The van der Waals surface area contributed by atoms with Crippen LogP contribution in [-0.2, 0) is 11.0 Å². The number of rotatable bonds is 4. The van der Waals surface area contributed by atoms with E-state index in [4.69, 9.17) is 11.6 Å². The summed E-state index contributed by atoms with van der Waals surface area (Å²) in [5, 5.41) is 9.57. The van der Waals surface area contributed by atoms with E-state index < -0.39 is 35.6 Å². The van der Waals surface area contributed by atoms with Crippen LogP contribution in [0.1, 0.15) is 35.6 Å². The first-order chi connectivity index (χ1) is 12.7. The van der Waals surface area contributed by atoms with Crippen LogP contribution in [0, 0.1) is 5.82 Å². The molecule has 0 amide bonds. The highest BCUT2D eigenvalue weighted by atomic mass is 35.5. The molecule has 1 saturated heterocycles. The highest BCUT2D eigenvalue weighted by molar-refractivity contribution is 6.31. The minimum absolute atomic E-state index is 0.0632. The van der Waals surface area contributed by atoms with Crippen LogP contribution < -0.4 is 0 Å². The molecule has 3 rings (SSSR count). The van der Waals surface area contributed by atoms with Gasteiger partial charge in [0.15, 0.2) is 0 Å². The Kier molecular flexibility index (Phi) is 5.44. The van der Waals surface area contributed by atoms with Gasteiger partial charge in [0.05, 0.1) is 11.6 Å². The Labute approximate surface area is 158 Å². The van der Waals surface area contributed by atoms with Crippen LogP contribution in [0.3, 0.4) is 0 Å². The lowest BCUT2D eigenvalue weighted by Crippen LogP contribution is -2.39. The van der Waals surface area contributed by atoms with Gasteiger partial charge in [-0.05, 0) is 54.3 Å². The maximum Gasteiger partial charge on any atom is 0.416 e. The SMILES string of the molecule is O=C(O)C1CCCN1C(c1cccc(F)c1)c1cc(C(F)(F)F)ccc1Cl. The lowest BCUT2D eigenvalue weighted by molar-refractivity contribution is -0.143. The van der Waals surface area contributed by atoms with Crippen LogP contribution >= 0.6 is 11.6 Å². The van der Waals surface area contributed by atoms with E-state index in [1.165, 1.54) is 18.2 Å². The molecule has 0 bridgehead atoms. The van der Waals surface area contributed by atoms with Crippen molar-refractivity contribution in [3.8, 4) is 0 Å². The maximum atomic E-state index is 13.8. The average molecular weight is 402 g/mol. The van der Waals surface area contributed by atoms with Crippen molar-refractivity contribution >= 4 is 17.6 Å². The Bertz CT molecular complexity index is 856. The number of benzene rings is 2. The molecule has 1 N–H and O–H groups in total. The summed E-state index contributed by atoms with van der Waals surface area (Å²) in [6.45, 7) is 0.352. The number of aliphatic carboxylic acids is 1. The highest BCUT2D eigenvalue weighted by Gasteiger charge is 2.39. The predicted octanol–water partition coefficient (Wildman–Crippen LogP) is 5.14. The van der Waals surface area contributed by atoms with E-state index in [0.29, 0.717) is 24.9 Å². The monoisotopic (exact) mass is 401 g/mol. The second-order valence-electron chi connectivity index (χ2n) is 6.43. The van der Waals surface area contributed by atoms with Gasteiger partial charge in [0.25, 0.3) is 0 Å². The molecule has 1 fully saturated rings. The molecule has 27 heavy (non-hydrogen) atoms. The van der Waals surface area contributed by atoms with Crippen molar-refractivity contribution in [1.29, 1.82) is 0 Å². The summed E-state index contributed by atoms with van der Waals surface area (Å²) in [6, 6.07) is 6.53. The van der Waals surface area contributed by atoms with Gasteiger partial charge in [-0.1, -0.05) is 23.7 Å². The quantitative estimate of drug-likeness (QED) is 0.721. The van der Waals surface area contributed by atoms with E-state index >= 15 is 0 Å². The lowest BCUT2D eigenvalue weighted by Gasteiger charge is -2.33. The largest absolute Gasteiger partial charge is 0.480 e. The van der Waals surface area contributed by atoms with Gasteiger partial charge >= 0.3 is 12.1 Å². The summed E-state index contributed by atoms with van der Waals surface area (Å²) in [7, 11) is 0. The highest BCUT2D eigenvalue weighted by Crippen LogP contribution is 2.40. The van der Waals surface area contributed by atoms with E-state index in [2.05, 4.69) is 0 Å². The fraction of sp³-hybridized carbons (Fsp3) is 0.316. The molecule has 2 unspecified atom stereocenters. The second-order valence-corrected chi connectivity index (χ2v) is 6.83. The van der Waals surface area contributed by atoms with Crippen molar-refractivity contribution in [3.63, 3.8) is 0 Å². The molecular weight excluding hydrogens is 386 g/mol. The van der Waals surface area contributed by atoms with E-state index in [1.54, 1.807) is 11.0 Å². The van der Waals surface area contributed by atoms with Gasteiger partial charge in [-0.25, -0.2) is 4.39 Å². The number of nitrogens with zero attached hydrogens (tertiary/aromatic N) is 1. The van der Waals surface area contributed by atoms with Gasteiger partial charge in [-0.15, -0.1) is 0 Å². The Morgan fingerprint density at radius 1 is 1.22 bits per heavy atom. The van der Waals surface area contributed by atoms with Crippen LogP contribution in [0.2, 0.25) is 5.02 Å². The summed E-state index contributed by atoms with van der Waals surface area (Å²) in [4.78, 5) is 13.2. The standard InChI is InChI=1S/C19H16ClF4NO2/c20-15-7-6-12(19(22,23)24)10-14(15)17(11-3-1-4-13(21)9-11)25-8-2-5-16(25)18(26)27/h1,3-4,6-7,9-10,16-17H,2,5,8H2,(H,26,27). The van der Waals surface area contributed by atoms with Crippen LogP contribution in [0.15, 0.2) is 42.5 Å².